The third kappa shape index (κ3) is 1.82. The first-order valence-electron chi connectivity index (χ1n) is 6.42. The molecule has 1 saturated carbocycles. The number of benzene rings is 1. The Hall–Kier alpha value is -1.39. The first-order valence-corrected chi connectivity index (χ1v) is 6.42. The maximum absolute atomic E-state index is 9.69. The monoisotopic (exact) mass is 245 g/mol. The van der Waals surface area contributed by atoms with Crippen molar-refractivity contribution in [2.45, 2.75) is 39.0 Å². The van der Waals surface area contributed by atoms with E-state index in [1.165, 1.54) is 0 Å². The standard InChI is InChI=1S/C14H19N3O/c1-14(2)11(7-12(14)18)15-8-13-16-9-5-3-4-6-10(9)17-13/h3-6,11-12,15,18H,7-8H2,1-2H3,(H,16,17). The third-order valence-corrected chi connectivity index (χ3v) is 4.17. The van der Waals surface area contributed by atoms with Crippen LogP contribution in [0.3, 0.4) is 0 Å². The van der Waals surface area contributed by atoms with Gasteiger partial charge in [-0.25, -0.2) is 4.98 Å². The van der Waals surface area contributed by atoms with E-state index in [-0.39, 0.29) is 11.5 Å². The number of para-hydroxylation sites is 2. The van der Waals surface area contributed by atoms with Crippen molar-refractivity contribution in [1.29, 1.82) is 0 Å². The third-order valence-electron chi connectivity index (χ3n) is 4.17. The Morgan fingerprint density at radius 2 is 2.22 bits per heavy atom. The van der Waals surface area contributed by atoms with Gasteiger partial charge in [0.15, 0.2) is 0 Å². The van der Waals surface area contributed by atoms with E-state index in [1.54, 1.807) is 0 Å². The summed E-state index contributed by atoms with van der Waals surface area (Å²) in [6.07, 6.45) is 0.637. The van der Waals surface area contributed by atoms with Gasteiger partial charge in [-0.2, -0.15) is 0 Å². The van der Waals surface area contributed by atoms with Crippen molar-refractivity contribution in [2.75, 3.05) is 0 Å². The Bertz CT molecular complexity index is 528. The molecule has 1 aromatic carbocycles. The molecule has 18 heavy (non-hydrogen) atoms. The highest BCUT2D eigenvalue weighted by molar-refractivity contribution is 5.74. The summed E-state index contributed by atoms with van der Waals surface area (Å²) in [7, 11) is 0. The smallest absolute Gasteiger partial charge is 0.121 e. The van der Waals surface area contributed by atoms with E-state index in [1.807, 2.05) is 24.3 Å². The van der Waals surface area contributed by atoms with Crippen LogP contribution >= 0.6 is 0 Å². The van der Waals surface area contributed by atoms with Crippen LogP contribution in [0.4, 0.5) is 0 Å². The van der Waals surface area contributed by atoms with Gasteiger partial charge in [-0.15, -0.1) is 0 Å². The van der Waals surface area contributed by atoms with Crippen molar-refractivity contribution in [3.05, 3.63) is 30.1 Å². The molecule has 2 aromatic rings. The van der Waals surface area contributed by atoms with Crippen molar-refractivity contribution < 1.29 is 5.11 Å². The molecule has 96 valence electrons. The maximum Gasteiger partial charge on any atom is 0.121 e. The molecule has 4 nitrogen and oxygen atoms in total. The Labute approximate surface area is 106 Å². The zero-order chi connectivity index (χ0) is 12.8. The van der Waals surface area contributed by atoms with E-state index in [4.69, 9.17) is 0 Å². The van der Waals surface area contributed by atoms with E-state index in [9.17, 15) is 5.11 Å². The van der Waals surface area contributed by atoms with Crippen LogP contribution in [0.5, 0.6) is 0 Å². The van der Waals surface area contributed by atoms with Crippen LogP contribution in [-0.4, -0.2) is 27.2 Å². The summed E-state index contributed by atoms with van der Waals surface area (Å²) in [6, 6.07) is 8.39. The van der Waals surface area contributed by atoms with Gasteiger partial charge in [0.2, 0.25) is 0 Å². The topological polar surface area (TPSA) is 60.9 Å². The number of nitrogens with one attached hydrogen (secondary N) is 2. The number of aromatic amines is 1. The molecule has 0 saturated heterocycles. The molecule has 2 unspecified atom stereocenters. The molecule has 1 aliphatic carbocycles. The SMILES string of the molecule is CC1(C)C(O)CC1NCc1nc2ccccc2[nH]1. The summed E-state index contributed by atoms with van der Waals surface area (Å²) in [6.45, 7) is 4.91. The molecule has 0 aliphatic heterocycles. The molecule has 2 atom stereocenters. The highest BCUT2D eigenvalue weighted by atomic mass is 16.3. The lowest BCUT2D eigenvalue weighted by Crippen LogP contribution is -2.59. The largest absolute Gasteiger partial charge is 0.392 e. The van der Waals surface area contributed by atoms with Crippen LogP contribution in [0, 0.1) is 5.41 Å². The highest BCUT2D eigenvalue weighted by Crippen LogP contribution is 2.40. The fourth-order valence-electron chi connectivity index (χ4n) is 2.56. The molecule has 0 radical (unpaired) electrons. The van der Waals surface area contributed by atoms with E-state index in [2.05, 4.69) is 29.1 Å². The average Bonchev–Trinajstić information content (AvgIpc) is 2.76. The molecule has 0 amide bonds. The van der Waals surface area contributed by atoms with Crippen molar-refractivity contribution in [3.63, 3.8) is 0 Å². The first-order chi connectivity index (χ1) is 8.57. The summed E-state index contributed by atoms with van der Waals surface area (Å²) in [5.74, 6) is 0.952. The van der Waals surface area contributed by atoms with E-state index in [0.717, 1.165) is 29.8 Å². The number of fused-ring (bicyclic) bond motifs is 1. The molecule has 1 heterocycles. The van der Waals surface area contributed by atoms with Crippen LogP contribution in [0.1, 0.15) is 26.1 Å². The number of aliphatic hydroxyl groups is 1. The van der Waals surface area contributed by atoms with Gasteiger partial charge >= 0.3 is 0 Å². The number of hydrogen-bond donors (Lipinski definition) is 3. The number of aromatic nitrogens is 2. The second-order valence-corrected chi connectivity index (χ2v) is 5.71. The van der Waals surface area contributed by atoms with Crippen LogP contribution in [0.25, 0.3) is 11.0 Å². The van der Waals surface area contributed by atoms with Crippen molar-refractivity contribution >= 4 is 11.0 Å². The van der Waals surface area contributed by atoms with Crippen LogP contribution in [0.15, 0.2) is 24.3 Å². The average molecular weight is 245 g/mol. The van der Waals surface area contributed by atoms with Gasteiger partial charge in [-0.1, -0.05) is 26.0 Å². The van der Waals surface area contributed by atoms with Crippen LogP contribution in [-0.2, 0) is 6.54 Å². The normalized spacial score (nSPS) is 26.2. The summed E-state index contributed by atoms with van der Waals surface area (Å²) >= 11 is 0. The zero-order valence-electron chi connectivity index (χ0n) is 10.8. The minimum absolute atomic E-state index is 0.0357. The van der Waals surface area contributed by atoms with Gasteiger partial charge in [-0.3, -0.25) is 0 Å². The lowest BCUT2D eigenvalue weighted by atomic mass is 9.64. The maximum atomic E-state index is 9.69. The number of rotatable bonds is 3. The number of H-pyrrole nitrogens is 1. The lowest BCUT2D eigenvalue weighted by molar-refractivity contribution is -0.0731. The summed E-state index contributed by atoms with van der Waals surface area (Å²) < 4.78 is 0. The number of aliphatic hydroxyl groups excluding tert-OH is 1. The van der Waals surface area contributed by atoms with Gasteiger partial charge in [0.05, 0.1) is 23.7 Å². The molecule has 1 fully saturated rings. The fraction of sp³-hybridized carbons (Fsp3) is 0.500. The zero-order valence-corrected chi connectivity index (χ0v) is 10.8. The minimum Gasteiger partial charge on any atom is -0.392 e. The van der Waals surface area contributed by atoms with Gasteiger partial charge < -0.3 is 15.4 Å². The van der Waals surface area contributed by atoms with Gasteiger partial charge in [-0.05, 0) is 18.6 Å². The van der Waals surface area contributed by atoms with Crippen LogP contribution in [0.2, 0.25) is 0 Å². The Kier molecular flexibility index (Phi) is 2.64. The predicted octanol–water partition coefficient (Wildman–Crippen LogP) is 1.81. The quantitative estimate of drug-likeness (QED) is 0.773. The van der Waals surface area contributed by atoms with E-state index in [0.29, 0.717) is 6.04 Å². The highest BCUT2D eigenvalue weighted by Gasteiger charge is 2.46. The van der Waals surface area contributed by atoms with Gasteiger partial charge in [0, 0.05) is 11.5 Å². The molecular formula is C14H19N3O. The molecular weight excluding hydrogens is 226 g/mol. The Morgan fingerprint density at radius 3 is 2.89 bits per heavy atom. The Morgan fingerprint density at radius 1 is 1.44 bits per heavy atom. The number of imidazole rings is 1. The van der Waals surface area contributed by atoms with E-state index < -0.39 is 0 Å². The summed E-state index contributed by atoms with van der Waals surface area (Å²) in [4.78, 5) is 7.83. The Balaban J connectivity index is 1.67. The molecule has 0 spiro atoms. The predicted molar refractivity (Wildman–Crippen MR) is 71.1 cm³/mol. The second-order valence-electron chi connectivity index (χ2n) is 5.71. The number of nitrogens with zero attached hydrogens (tertiary/aromatic N) is 1. The van der Waals surface area contributed by atoms with Gasteiger partial charge in [0.25, 0.3) is 0 Å². The lowest BCUT2D eigenvalue weighted by Gasteiger charge is -2.49. The van der Waals surface area contributed by atoms with Crippen molar-refractivity contribution in [3.8, 4) is 0 Å². The summed E-state index contributed by atoms with van der Waals surface area (Å²) in [5.41, 5.74) is 2.04. The first kappa shape index (κ1) is 11.7. The molecule has 3 rings (SSSR count). The molecule has 3 N–H and O–H groups in total. The van der Waals surface area contributed by atoms with Crippen LogP contribution < -0.4 is 5.32 Å². The molecule has 4 heteroatoms. The van der Waals surface area contributed by atoms with Crippen molar-refractivity contribution in [2.24, 2.45) is 5.41 Å². The molecule has 0 bridgehead atoms. The van der Waals surface area contributed by atoms with E-state index >= 15 is 0 Å². The molecule has 1 aromatic heterocycles. The van der Waals surface area contributed by atoms with Gasteiger partial charge in [0.1, 0.15) is 5.82 Å². The fourth-order valence-corrected chi connectivity index (χ4v) is 2.56. The minimum atomic E-state index is -0.189. The second kappa shape index (κ2) is 4.07. The van der Waals surface area contributed by atoms with Crippen molar-refractivity contribution in [1.82, 2.24) is 15.3 Å². The number of hydrogen-bond acceptors (Lipinski definition) is 3. The molecule has 1 aliphatic rings. The summed E-state index contributed by atoms with van der Waals surface area (Å²) in [5, 5.41) is 13.2.